The first-order chi connectivity index (χ1) is 14.9. The van der Waals surface area contributed by atoms with Gasteiger partial charge < -0.3 is 9.84 Å². The lowest BCUT2D eigenvalue weighted by atomic mass is 9.47. The van der Waals surface area contributed by atoms with E-state index in [4.69, 9.17) is 4.74 Å². The normalized spacial score (nSPS) is 51.2. The minimum Gasteiger partial charge on any atom is -0.449 e. The van der Waals surface area contributed by atoms with Gasteiger partial charge in [0.1, 0.15) is 0 Å². The van der Waals surface area contributed by atoms with Crippen molar-refractivity contribution in [3.05, 3.63) is 23.8 Å². The molecule has 5 rings (SSSR count). The van der Waals surface area contributed by atoms with Gasteiger partial charge in [-0.05, 0) is 75.4 Å². The third-order valence-electron chi connectivity index (χ3n) is 10.3. The van der Waals surface area contributed by atoms with E-state index in [1.807, 2.05) is 13.0 Å². The smallest absolute Gasteiger partial charge is 0.315 e. The molecule has 0 aliphatic heterocycles. The summed E-state index contributed by atoms with van der Waals surface area (Å²) in [5.74, 6) is 0.499. The zero-order valence-electron chi connectivity index (χ0n) is 19.4. The number of ether oxygens (including phenoxy) is 1. The number of aliphatic hydroxyl groups is 1. The second kappa shape index (κ2) is 6.82. The Balaban J connectivity index is 1.51. The van der Waals surface area contributed by atoms with Crippen LogP contribution in [0.3, 0.4) is 0 Å². The van der Waals surface area contributed by atoms with E-state index < -0.39 is 28.5 Å². The number of esters is 1. The number of aliphatic hydroxyl groups excluding tert-OH is 1. The van der Waals surface area contributed by atoms with Crippen LogP contribution in [0.25, 0.3) is 0 Å². The minimum absolute atomic E-state index is 0.0772. The van der Waals surface area contributed by atoms with Crippen LogP contribution in [0.2, 0.25) is 0 Å². The molecule has 174 valence electrons. The zero-order chi connectivity index (χ0) is 23.3. The number of ketones is 1. The molecular weight excluding hydrogens is 424 g/mol. The van der Waals surface area contributed by atoms with Gasteiger partial charge in [-0.3, -0.25) is 14.4 Å². The molecule has 6 heteroatoms. The predicted molar refractivity (Wildman–Crippen MR) is 123 cm³/mol. The Labute approximate surface area is 195 Å². The summed E-state index contributed by atoms with van der Waals surface area (Å²) in [6, 6.07) is 0. The molecule has 0 aromatic carbocycles. The standard InChI is InChI=1S/C26H34O5S/c1-14-11-19-17-6-5-15-12-16(27)7-9-23(15,2)18(17)8-10-25(19,4)26(14,22(30)32)31-21(29)24(3)13-20(24)28/h7,9,12,14,17-20,28H,5-6,8,10-11,13H2,1-4H3,(H,30,32)/t14-,17-,18+,19+,20?,23+,24?,25+,26+/m1/s1. The van der Waals surface area contributed by atoms with Gasteiger partial charge in [-0.15, -0.1) is 12.6 Å². The SMILES string of the molecule is C[C@@H]1C[C@H]2[C@@H]3CCC4=CC(=O)C=C[C@]4(C)[C@H]3CC[C@]2(C)[C@@]1(OC(=O)C1(C)CC1O)C(=O)S. The molecule has 0 bridgehead atoms. The molecule has 1 N–H and O–H groups in total. The van der Waals surface area contributed by atoms with Crippen LogP contribution in [-0.2, 0) is 19.1 Å². The van der Waals surface area contributed by atoms with Crippen LogP contribution >= 0.6 is 12.6 Å². The summed E-state index contributed by atoms with van der Waals surface area (Å²) in [7, 11) is 0. The maximum Gasteiger partial charge on any atom is 0.315 e. The summed E-state index contributed by atoms with van der Waals surface area (Å²) in [6.45, 7) is 8.10. The van der Waals surface area contributed by atoms with Crippen LogP contribution in [0.5, 0.6) is 0 Å². The highest BCUT2D eigenvalue weighted by Crippen LogP contribution is 2.69. The van der Waals surface area contributed by atoms with E-state index in [-0.39, 0.29) is 28.1 Å². The van der Waals surface area contributed by atoms with E-state index in [0.29, 0.717) is 18.3 Å². The van der Waals surface area contributed by atoms with Gasteiger partial charge >= 0.3 is 5.97 Å². The van der Waals surface area contributed by atoms with E-state index in [9.17, 15) is 19.5 Å². The third kappa shape index (κ3) is 2.65. The van der Waals surface area contributed by atoms with Crippen molar-refractivity contribution in [2.75, 3.05) is 0 Å². The minimum atomic E-state index is -1.27. The van der Waals surface area contributed by atoms with Crippen LogP contribution in [-0.4, -0.2) is 33.7 Å². The zero-order valence-corrected chi connectivity index (χ0v) is 20.3. The summed E-state index contributed by atoms with van der Waals surface area (Å²) >= 11 is 4.31. The molecule has 0 spiro atoms. The summed E-state index contributed by atoms with van der Waals surface area (Å²) < 4.78 is 6.17. The molecule has 0 saturated heterocycles. The number of carbonyl (C=O) groups is 3. The molecule has 0 heterocycles. The molecule has 32 heavy (non-hydrogen) atoms. The summed E-state index contributed by atoms with van der Waals surface area (Å²) in [5, 5.41) is 9.62. The molecule has 0 amide bonds. The number of thiol groups is 1. The van der Waals surface area contributed by atoms with Crippen molar-refractivity contribution in [3.8, 4) is 0 Å². The van der Waals surface area contributed by atoms with Crippen LogP contribution < -0.4 is 0 Å². The first kappa shape index (κ1) is 22.4. The van der Waals surface area contributed by atoms with Crippen LogP contribution in [0.15, 0.2) is 23.8 Å². The Bertz CT molecular complexity index is 969. The number of allylic oxidation sites excluding steroid dienone is 4. The number of fused-ring (bicyclic) bond motifs is 5. The third-order valence-corrected chi connectivity index (χ3v) is 10.7. The fraction of sp³-hybridized carbons (Fsp3) is 0.731. The lowest BCUT2D eigenvalue weighted by Crippen LogP contribution is -2.60. The molecule has 9 atom stereocenters. The Hall–Kier alpha value is -1.40. The van der Waals surface area contributed by atoms with Gasteiger partial charge in [-0.1, -0.05) is 32.4 Å². The Morgan fingerprint density at radius 1 is 1.19 bits per heavy atom. The number of rotatable bonds is 3. The van der Waals surface area contributed by atoms with E-state index in [1.165, 1.54) is 5.57 Å². The Kier molecular flexibility index (Phi) is 4.77. The van der Waals surface area contributed by atoms with Crippen LogP contribution in [0.1, 0.15) is 66.2 Å². The molecule has 0 radical (unpaired) electrons. The maximum atomic E-state index is 13.2. The largest absolute Gasteiger partial charge is 0.449 e. The maximum absolute atomic E-state index is 13.2. The second-order valence-electron chi connectivity index (χ2n) is 11.8. The Morgan fingerprint density at radius 2 is 1.88 bits per heavy atom. The molecule has 0 aromatic heterocycles. The van der Waals surface area contributed by atoms with Crippen molar-refractivity contribution in [1.82, 2.24) is 0 Å². The van der Waals surface area contributed by atoms with E-state index in [0.717, 1.165) is 32.1 Å². The van der Waals surface area contributed by atoms with Gasteiger partial charge in [0, 0.05) is 16.7 Å². The van der Waals surface area contributed by atoms with Crippen molar-refractivity contribution < 1.29 is 24.2 Å². The van der Waals surface area contributed by atoms with Crippen molar-refractivity contribution >= 4 is 29.5 Å². The summed E-state index contributed by atoms with van der Waals surface area (Å²) in [6.07, 6.45) is 9.69. The number of hydrogen-bond donors (Lipinski definition) is 2. The highest BCUT2D eigenvalue weighted by atomic mass is 32.1. The van der Waals surface area contributed by atoms with Crippen molar-refractivity contribution in [3.63, 3.8) is 0 Å². The first-order valence-corrected chi connectivity index (χ1v) is 12.4. The van der Waals surface area contributed by atoms with Gasteiger partial charge in [-0.2, -0.15) is 0 Å². The van der Waals surface area contributed by atoms with E-state index in [2.05, 4.69) is 32.6 Å². The van der Waals surface area contributed by atoms with Gasteiger partial charge in [0.2, 0.25) is 5.12 Å². The average molecular weight is 459 g/mol. The van der Waals surface area contributed by atoms with Crippen LogP contribution in [0.4, 0.5) is 0 Å². The van der Waals surface area contributed by atoms with Gasteiger partial charge in [0.25, 0.3) is 0 Å². The molecule has 4 fully saturated rings. The molecule has 0 aromatic rings. The lowest BCUT2D eigenvalue weighted by molar-refractivity contribution is -0.195. The second-order valence-corrected chi connectivity index (χ2v) is 12.2. The average Bonchev–Trinajstić information content (AvgIpc) is 3.27. The molecular formula is C26H34O5S. The molecule has 5 nitrogen and oxygen atoms in total. The number of hydrogen-bond acceptors (Lipinski definition) is 5. The fourth-order valence-corrected chi connectivity index (χ4v) is 8.59. The van der Waals surface area contributed by atoms with Crippen molar-refractivity contribution in [2.45, 2.75) is 77.9 Å². The predicted octanol–water partition coefficient (Wildman–Crippen LogP) is 4.05. The topological polar surface area (TPSA) is 80.7 Å². The fourth-order valence-electron chi connectivity index (χ4n) is 8.06. The molecule has 5 aliphatic carbocycles. The van der Waals surface area contributed by atoms with Crippen molar-refractivity contribution in [1.29, 1.82) is 0 Å². The van der Waals surface area contributed by atoms with Gasteiger partial charge in [-0.25, -0.2) is 0 Å². The van der Waals surface area contributed by atoms with Crippen molar-refractivity contribution in [2.24, 2.45) is 39.9 Å². The Morgan fingerprint density at radius 3 is 2.50 bits per heavy atom. The molecule has 5 aliphatic rings. The lowest BCUT2D eigenvalue weighted by Gasteiger charge is -2.58. The molecule has 4 saturated carbocycles. The first-order valence-electron chi connectivity index (χ1n) is 12.0. The van der Waals surface area contributed by atoms with Gasteiger partial charge in [0.05, 0.1) is 11.5 Å². The van der Waals surface area contributed by atoms with Crippen LogP contribution in [0, 0.1) is 39.9 Å². The molecule has 2 unspecified atom stereocenters. The quantitative estimate of drug-likeness (QED) is 0.493. The van der Waals surface area contributed by atoms with E-state index in [1.54, 1.807) is 13.0 Å². The summed E-state index contributed by atoms with van der Waals surface area (Å²) in [4.78, 5) is 38.3. The highest BCUT2D eigenvalue weighted by molar-refractivity contribution is 7.96. The van der Waals surface area contributed by atoms with Gasteiger partial charge in [0.15, 0.2) is 11.4 Å². The number of carbonyl (C=O) groups excluding carboxylic acids is 3. The highest BCUT2D eigenvalue weighted by Gasteiger charge is 2.72. The van der Waals surface area contributed by atoms with E-state index >= 15 is 0 Å². The monoisotopic (exact) mass is 458 g/mol. The summed E-state index contributed by atoms with van der Waals surface area (Å²) in [5.41, 5.74) is -1.58.